The molecule has 2 unspecified atom stereocenters. The number of hydrogen-bond acceptors (Lipinski definition) is 5. The van der Waals surface area contributed by atoms with Crippen LogP contribution in [0.25, 0.3) is 0 Å². The molecule has 5 nitrogen and oxygen atoms in total. The van der Waals surface area contributed by atoms with Crippen molar-refractivity contribution < 1.29 is 19.4 Å². The lowest BCUT2D eigenvalue weighted by atomic mass is 10.1. The van der Waals surface area contributed by atoms with E-state index in [9.17, 15) is 9.90 Å². The molecule has 1 heterocycles. The molecule has 1 aromatic carbocycles. The number of rotatable bonds is 6. The maximum atomic E-state index is 12.0. The van der Waals surface area contributed by atoms with Crippen LogP contribution in [0.15, 0.2) is 30.3 Å². The second-order valence-corrected chi connectivity index (χ2v) is 5.99. The molecule has 116 valence electrons. The van der Waals surface area contributed by atoms with Gasteiger partial charge in [-0.25, -0.2) is 0 Å². The Morgan fingerprint density at radius 1 is 1.33 bits per heavy atom. The second kappa shape index (κ2) is 7.02. The van der Waals surface area contributed by atoms with E-state index >= 15 is 0 Å². The number of hydrogen-bond donors (Lipinski definition) is 2. The van der Waals surface area contributed by atoms with Crippen molar-refractivity contribution >= 4 is 5.97 Å². The van der Waals surface area contributed by atoms with E-state index in [2.05, 4.69) is 5.32 Å². The Labute approximate surface area is 125 Å². The summed E-state index contributed by atoms with van der Waals surface area (Å²) in [5.74, 6) is -0.862. The molecule has 1 aliphatic rings. The number of β-amino-alcohol motifs (C(OH)–C–C–N with tert-alkyl or cyclic N) is 1. The summed E-state index contributed by atoms with van der Waals surface area (Å²) in [7, 11) is 0. The van der Waals surface area contributed by atoms with Gasteiger partial charge >= 0.3 is 5.97 Å². The molecule has 0 aliphatic carbocycles. The normalized spacial score (nSPS) is 22.2. The number of carbonyl (C=O) groups is 1. The van der Waals surface area contributed by atoms with Crippen molar-refractivity contribution in [1.29, 1.82) is 0 Å². The van der Waals surface area contributed by atoms with Crippen LogP contribution < -0.4 is 5.32 Å². The number of esters is 1. The van der Waals surface area contributed by atoms with Crippen LogP contribution >= 0.6 is 0 Å². The van der Waals surface area contributed by atoms with Gasteiger partial charge in [-0.2, -0.15) is 0 Å². The highest BCUT2D eigenvalue weighted by Crippen LogP contribution is 2.18. The first kappa shape index (κ1) is 15.9. The molecule has 0 aromatic heterocycles. The maximum Gasteiger partial charge on any atom is 0.313 e. The first-order valence-corrected chi connectivity index (χ1v) is 7.21. The van der Waals surface area contributed by atoms with Gasteiger partial charge in [0.25, 0.3) is 0 Å². The minimum atomic E-state index is -0.714. The third-order valence-electron chi connectivity index (χ3n) is 3.42. The molecule has 21 heavy (non-hydrogen) atoms. The fourth-order valence-corrected chi connectivity index (χ4v) is 2.27. The van der Waals surface area contributed by atoms with Crippen molar-refractivity contribution in [2.75, 3.05) is 19.7 Å². The highest BCUT2D eigenvalue weighted by atomic mass is 16.6. The van der Waals surface area contributed by atoms with Gasteiger partial charge in [0.05, 0.1) is 25.2 Å². The van der Waals surface area contributed by atoms with Crippen LogP contribution in [0.2, 0.25) is 0 Å². The smallest absolute Gasteiger partial charge is 0.313 e. The van der Waals surface area contributed by atoms with Crippen LogP contribution in [0, 0.1) is 5.92 Å². The lowest BCUT2D eigenvalue weighted by Crippen LogP contribution is -2.38. The first-order valence-electron chi connectivity index (χ1n) is 7.21. The summed E-state index contributed by atoms with van der Waals surface area (Å²) in [4.78, 5) is 12.0. The van der Waals surface area contributed by atoms with E-state index in [4.69, 9.17) is 9.47 Å². The summed E-state index contributed by atoms with van der Waals surface area (Å²) >= 11 is 0. The zero-order valence-electron chi connectivity index (χ0n) is 12.5. The molecule has 1 saturated heterocycles. The molecule has 0 amide bonds. The van der Waals surface area contributed by atoms with E-state index in [-0.39, 0.29) is 5.97 Å². The van der Waals surface area contributed by atoms with Gasteiger partial charge in [-0.05, 0) is 19.4 Å². The molecule has 0 radical (unpaired) electrons. The molecule has 2 N–H and O–H groups in total. The zero-order valence-corrected chi connectivity index (χ0v) is 12.5. The number of aliphatic hydroxyl groups excluding tert-OH is 1. The van der Waals surface area contributed by atoms with Crippen molar-refractivity contribution in [3.8, 4) is 0 Å². The molecule has 0 saturated carbocycles. The fourth-order valence-electron chi connectivity index (χ4n) is 2.27. The van der Waals surface area contributed by atoms with Gasteiger partial charge < -0.3 is 19.9 Å². The van der Waals surface area contributed by atoms with Crippen LogP contribution in [0.1, 0.15) is 19.4 Å². The van der Waals surface area contributed by atoms with Crippen molar-refractivity contribution in [1.82, 2.24) is 5.32 Å². The number of aliphatic hydroxyl groups is 1. The molecule has 1 aliphatic heterocycles. The van der Waals surface area contributed by atoms with Gasteiger partial charge in [0.15, 0.2) is 0 Å². The molecule has 1 fully saturated rings. The Hall–Kier alpha value is -1.43. The van der Waals surface area contributed by atoms with Crippen LogP contribution in [0.5, 0.6) is 0 Å². The van der Waals surface area contributed by atoms with Crippen molar-refractivity contribution in [2.24, 2.45) is 5.92 Å². The van der Waals surface area contributed by atoms with Crippen LogP contribution in [-0.2, 0) is 20.9 Å². The van der Waals surface area contributed by atoms with Crippen LogP contribution in [0.4, 0.5) is 0 Å². The third kappa shape index (κ3) is 4.81. The highest BCUT2D eigenvalue weighted by Gasteiger charge is 2.35. The summed E-state index contributed by atoms with van der Waals surface area (Å²) in [5.41, 5.74) is 0.365. The van der Waals surface area contributed by atoms with Crippen molar-refractivity contribution in [3.05, 3.63) is 35.9 Å². The predicted molar refractivity (Wildman–Crippen MR) is 78.6 cm³/mol. The highest BCUT2D eigenvalue weighted by molar-refractivity contribution is 5.74. The van der Waals surface area contributed by atoms with Crippen molar-refractivity contribution in [2.45, 2.75) is 32.2 Å². The minimum Gasteiger partial charge on any atom is -0.457 e. The zero-order chi connectivity index (χ0) is 15.3. The second-order valence-electron chi connectivity index (χ2n) is 5.99. The summed E-state index contributed by atoms with van der Waals surface area (Å²) in [6.07, 6.45) is -0.668. The number of benzene rings is 1. The molecular weight excluding hydrogens is 270 g/mol. The average Bonchev–Trinajstić information content (AvgIpc) is 2.85. The lowest BCUT2D eigenvalue weighted by molar-refractivity contribution is -0.169. The van der Waals surface area contributed by atoms with Gasteiger partial charge in [0.1, 0.15) is 5.60 Å². The van der Waals surface area contributed by atoms with Gasteiger partial charge in [0, 0.05) is 13.1 Å². The standard InChI is InChI=1S/C16H23NO4/c1-16(2,11-20-10-12-6-4-3-5-7-12)21-15(19)13-8-17-9-14(13)18/h3-7,13-14,17-18H,8-11H2,1-2H3. The van der Waals surface area contributed by atoms with Gasteiger partial charge in [0.2, 0.25) is 0 Å². The van der Waals surface area contributed by atoms with E-state index in [1.54, 1.807) is 0 Å². The van der Waals surface area contributed by atoms with Gasteiger partial charge in [-0.3, -0.25) is 4.79 Å². The Balaban J connectivity index is 1.77. The SMILES string of the molecule is CC(C)(COCc1ccccc1)OC(=O)C1CNCC1O. The maximum absolute atomic E-state index is 12.0. The average molecular weight is 293 g/mol. The molecule has 1 aromatic rings. The van der Waals surface area contributed by atoms with Gasteiger partial charge in [-0.1, -0.05) is 30.3 Å². The summed E-state index contributed by atoms with van der Waals surface area (Å²) in [6, 6.07) is 9.84. The Morgan fingerprint density at radius 2 is 2.05 bits per heavy atom. The molecular formula is C16H23NO4. The summed E-state index contributed by atoms with van der Waals surface area (Å²) in [5, 5.41) is 12.7. The van der Waals surface area contributed by atoms with E-state index < -0.39 is 17.6 Å². The number of nitrogens with one attached hydrogen (secondary N) is 1. The van der Waals surface area contributed by atoms with Gasteiger partial charge in [-0.15, -0.1) is 0 Å². The Kier molecular flexibility index (Phi) is 5.33. The molecule has 5 heteroatoms. The molecule has 2 atom stereocenters. The van der Waals surface area contributed by atoms with E-state index in [0.29, 0.717) is 26.3 Å². The Bertz CT molecular complexity index is 461. The molecule has 2 rings (SSSR count). The van der Waals surface area contributed by atoms with E-state index in [1.807, 2.05) is 44.2 Å². The minimum absolute atomic E-state index is 0.309. The summed E-state index contributed by atoms with van der Waals surface area (Å²) < 4.78 is 11.1. The number of carbonyl (C=O) groups excluding carboxylic acids is 1. The van der Waals surface area contributed by atoms with Crippen LogP contribution in [0.3, 0.4) is 0 Å². The Morgan fingerprint density at radius 3 is 2.67 bits per heavy atom. The number of ether oxygens (including phenoxy) is 2. The first-order chi connectivity index (χ1) is 9.98. The molecule has 0 bridgehead atoms. The van der Waals surface area contributed by atoms with E-state index in [1.165, 1.54) is 0 Å². The monoisotopic (exact) mass is 293 g/mol. The fraction of sp³-hybridized carbons (Fsp3) is 0.562. The predicted octanol–water partition coefficient (Wildman–Crippen LogP) is 1.11. The van der Waals surface area contributed by atoms with Crippen molar-refractivity contribution in [3.63, 3.8) is 0 Å². The van der Waals surface area contributed by atoms with E-state index in [0.717, 1.165) is 5.56 Å². The largest absolute Gasteiger partial charge is 0.457 e. The lowest BCUT2D eigenvalue weighted by Gasteiger charge is -2.27. The van der Waals surface area contributed by atoms with Crippen LogP contribution in [-0.4, -0.2) is 42.5 Å². The topological polar surface area (TPSA) is 67.8 Å². The third-order valence-corrected chi connectivity index (χ3v) is 3.42. The summed E-state index contributed by atoms with van der Waals surface area (Å²) in [6.45, 7) is 5.31. The molecule has 0 spiro atoms. The quantitative estimate of drug-likeness (QED) is 0.769.